The third-order valence-electron chi connectivity index (χ3n) is 4.24. The fraction of sp³-hybridized carbons (Fsp3) is 0.235. The maximum absolute atomic E-state index is 12.9. The quantitative estimate of drug-likeness (QED) is 0.689. The SMILES string of the molecule is Cn1nc2c(cc1=O)CN(C(=O)c1csc3ccccc13)CC2. The summed E-state index contributed by atoms with van der Waals surface area (Å²) in [7, 11) is 1.65. The summed E-state index contributed by atoms with van der Waals surface area (Å²) in [5.74, 6) is 0.0220. The molecule has 23 heavy (non-hydrogen) atoms. The lowest BCUT2D eigenvalue weighted by molar-refractivity contribution is 0.0735. The molecule has 0 aliphatic carbocycles. The number of fused-ring (bicyclic) bond motifs is 2. The number of carbonyl (C=O) groups excluding carboxylic acids is 1. The molecule has 0 radical (unpaired) electrons. The fourth-order valence-corrected chi connectivity index (χ4v) is 3.92. The summed E-state index contributed by atoms with van der Waals surface area (Å²) in [6.07, 6.45) is 0.678. The number of hydrogen-bond acceptors (Lipinski definition) is 4. The molecule has 1 amide bonds. The number of aryl methyl sites for hydroxylation is 1. The van der Waals surface area contributed by atoms with Gasteiger partial charge in [0.05, 0.1) is 11.3 Å². The van der Waals surface area contributed by atoms with Gasteiger partial charge in [0.1, 0.15) is 0 Å². The molecule has 2 aromatic heterocycles. The maximum Gasteiger partial charge on any atom is 0.266 e. The van der Waals surface area contributed by atoms with Crippen LogP contribution in [0.4, 0.5) is 0 Å². The van der Waals surface area contributed by atoms with Crippen molar-refractivity contribution in [3.05, 3.63) is 62.9 Å². The molecule has 1 aliphatic rings. The first-order valence-electron chi connectivity index (χ1n) is 7.45. The van der Waals surface area contributed by atoms with Gasteiger partial charge in [-0.1, -0.05) is 18.2 Å². The van der Waals surface area contributed by atoms with E-state index in [-0.39, 0.29) is 11.5 Å². The van der Waals surface area contributed by atoms with Gasteiger partial charge in [-0.05, 0) is 6.07 Å². The topological polar surface area (TPSA) is 55.2 Å². The summed E-state index contributed by atoms with van der Waals surface area (Å²) >= 11 is 1.58. The Morgan fingerprint density at radius 2 is 2.13 bits per heavy atom. The molecule has 0 saturated carbocycles. The van der Waals surface area contributed by atoms with Crippen LogP contribution in [0.1, 0.15) is 21.6 Å². The molecule has 6 heteroatoms. The number of amides is 1. The lowest BCUT2D eigenvalue weighted by atomic mass is 10.0. The molecule has 1 aliphatic heterocycles. The van der Waals surface area contributed by atoms with Crippen LogP contribution in [-0.4, -0.2) is 27.1 Å². The van der Waals surface area contributed by atoms with Crippen LogP contribution in [0.2, 0.25) is 0 Å². The monoisotopic (exact) mass is 325 g/mol. The van der Waals surface area contributed by atoms with Crippen LogP contribution in [0.3, 0.4) is 0 Å². The summed E-state index contributed by atoms with van der Waals surface area (Å²) in [4.78, 5) is 26.4. The second-order valence-electron chi connectivity index (χ2n) is 5.70. The number of nitrogens with zero attached hydrogens (tertiary/aromatic N) is 3. The Labute approximate surface area is 136 Å². The van der Waals surface area contributed by atoms with Gasteiger partial charge in [0.15, 0.2) is 0 Å². The van der Waals surface area contributed by atoms with E-state index in [2.05, 4.69) is 5.10 Å². The molecule has 0 unspecified atom stereocenters. The number of hydrogen-bond donors (Lipinski definition) is 0. The molecular formula is C17H15N3O2S. The first-order valence-corrected chi connectivity index (χ1v) is 8.33. The second kappa shape index (κ2) is 5.31. The summed E-state index contributed by atoms with van der Waals surface area (Å²) < 4.78 is 2.46. The zero-order chi connectivity index (χ0) is 16.0. The van der Waals surface area contributed by atoms with Gasteiger partial charge in [0, 0.05) is 53.7 Å². The average molecular weight is 325 g/mol. The Morgan fingerprint density at radius 1 is 1.30 bits per heavy atom. The van der Waals surface area contributed by atoms with Gasteiger partial charge < -0.3 is 4.90 Å². The van der Waals surface area contributed by atoms with Crippen LogP contribution >= 0.6 is 11.3 Å². The van der Waals surface area contributed by atoms with Gasteiger partial charge in [-0.2, -0.15) is 5.10 Å². The van der Waals surface area contributed by atoms with Crippen molar-refractivity contribution >= 4 is 27.3 Å². The molecular weight excluding hydrogens is 310 g/mol. The molecule has 0 fully saturated rings. The van der Waals surface area contributed by atoms with Gasteiger partial charge in [0.2, 0.25) is 0 Å². The highest BCUT2D eigenvalue weighted by molar-refractivity contribution is 7.17. The van der Waals surface area contributed by atoms with Gasteiger partial charge in [-0.25, -0.2) is 4.68 Å². The van der Waals surface area contributed by atoms with E-state index in [0.717, 1.165) is 26.9 Å². The minimum Gasteiger partial charge on any atom is -0.334 e. The molecule has 0 saturated heterocycles. The Kier molecular flexibility index (Phi) is 3.27. The van der Waals surface area contributed by atoms with E-state index in [1.54, 1.807) is 29.4 Å². The number of thiophene rings is 1. The van der Waals surface area contributed by atoms with Gasteiger partial charge in [0.25, 0.3) is 11.5 Å². The first-order chi connectivity index (χ1) is 11.1. The predicted molar refractivity (Wildman–Crippen MR) is 89.7 cm³/mol. The van der Waals surface area contributed by atoms with Crippen molar-refractivity contribution in [3.8, 4) is 0 Å². The first kappa shape index (κ1) is 14.1. The van der Waals surface area contributed by atoms with Crippen molar-refractivity contribution in [1.29, 1.82) is 0 Å². The van der Waals surface area contributed by atoms with Crippen molar-refractivity contribution in [2.24, 2.45) is 7.05 Å². The normalized spacial score (nSPS) is 14.0. The van der Waals surface area contributed by atoms with E-state index in [1.165, 1.54) is 4.68 Å². The van der Waals surface area contributed by atoms with Crippen LogP contribution in [-0.2, 0) is 20.0 Å². The Bertz CT molecular complexity index is 973. The summed E-state index contributed by atoms with van der Waals surface area (Å²) in [5, 5.41) is 7.21. The van der Waals surface area contributed by atoms with Crippen molar-refractivity contribution in [3.63, 3.8) is 0 Å². The van der Waals surface area contributed by atoms with Crippen molar-refractivity contribution in [2.45, 2.75) is 13.0 Å². The highest BCUT2D eigenvalue weighted by Gasteiger charge is 2.25. The van der Waals surface area contributed by atoms with Crippen LogP contribution in [0, 0.1) is 0 Å². The van der Waals surface area contributed by atoms with Crippen molar-refractivity contribution in [1.82, 2.24) is 14.7 Å². The Balaban J connectivity index is 1.68. The number of benzene rings is 1. The smallest absolute Gasteiger partial charge is 0.266 e. The molecule has 5 nitrogen and oxygen atoms in total. The molecule has 116 valence electrons. The van der Waals surface area contributed by atoms with Crippen LogP contribution in [0.15, 0.2) is 40.5 Å². The summed E-state index contributed by atoms with van der Waals surface area (Å²) in [5.41, 5.74) is 2.36. The maximum atomic E-state index is 12.9. The van der Waals surface area contributed by atoms with Crippen LogP contribution in [0.5, 0.6) is 0 Å². The van der Waals surface area contributed by atoms with Gasteiger partial charge in [-0.3, -0.25) is 9.59 Å². The van der Waals surface area contributed by atoms with Crippen molar-refractivity contribution < 1.29 is 4.79 Å². The largest absolute Gasteiger partial charge is 0.334 e. The molecule has 1 aromatic carbocycles. The zero-order valence-electron chi connectivity index (χ0n) is 12.7. The molecule has 0 N–H and O–H groups in total. The highest BCUT2D eigenvalue weighted by Crippen LogP contribution is 2.28. The molecule has 0 spiro atoms. The van der Waals surface area contributed by atoms with Crippen molar-refractivity contribution in [2.75, 3.05) is 6.54 Å². The lowest BCUT2D eigenvalue weighted by Crippen LogP contribution is -2.38. The van der Waals surface area contributed by atoms with E-state index in [9.17, 15) is 9.59 Å². The van der Waals surface area contributed by atoms with Gasteiger partial charge >= 0.3 is 0 Å². The zero-order valence-corrected chi connectivity index (χ0v) is 13.5. The van der Waals surface area contributed by atoms with Crippen LogP contribution in [0.25, 0.3) is 10.1 Å². The third-order valence-corrected chi connectivity index (χ3v) is 5.20. The third kappa shape index (κ3) is 2.35. The molecule has 3 aromatic rings. The van der Waals surface area contributed by atoms with Gasteiger partial charge in [-0.15, -0.1) is 11.3 Å². The molecule has 4 rings (SSSR count). The van der Waals surface area contributed by atoms with E-state index >= 15 is 0 Å². The standard InChI is InChI=1S/C17H15N3O2S/c1-19-16(21)8-11-9-20(7-6-14(11)18-19)17(22)13-10-23-15-5-3-2-4-12(13)15/h2-5,8,10H,6-7,9H2,1H3. The van der Waals surface area contributed by atoms with E-state index in [4.69, 9.17) is 0 Å². The summed E-state index contributed by atoms with van der Waals surface area (Å²) in [6.45, 7) is 1.07. The minimum absolute atomic E-state index is 0.0220. The minimum atomic E-state index is -0.140. The number of rotatable bonds is 1. The highest BCUT2D eigenvalue weighted by atomic mass is 32.1. The summed E-state index contributed by atoms with van der Waals surface area (Å²) in [6, 6.07) is 9.52. The molecule has 0 atom stereocenters. The number of aromatic nitrogens is 2. The van der Waals surface area contributed by atoms with E-state index in [1.807, 2.05) is 29.6 Å². The van der Waals surface area contributed by atoms with Crippen LogP contribution < -0.4 is 5.56 Å². The average Bonchev–Trinajstić information content (AvgIpc) is 2.99. The Morgan fingerprint density at radius 3 is 3.00 bits per heavy atom. The number of carbonyl (C=O) groups is 1. The van der Waals surface area contributed by atoms with E-state index < -0.39 is 0 Å². The molecule has 0 bridgehead atoms. The predicted octanol–water partition coefficient (Wildman–Crippen LogP) is 2.19. The fourth-order valence-electron chi connectivity index (χ4n) is 2.98. The lowest BCUT2D eigenvalue weighted by Gasteiger charge is -2.28. The second-order valence-corrected chi connectivity index (χ2v) is 6.61. The van der Waals surface area contributed by atoms with E-state index in [0.29, 0.717) is 19.5 Å². The Hall–Kier alpha value is -2.47. The molecule has 3 heterocycles.